The Labute approximate surface area is 190 Å². The van der Waals surface area contributed by atoms with Crippen LogP contribution in [0.5, 0.6) is 0 Å². The van der Waals surface area contributed by atoms with Crippen LogP contribution in [0.2, 0.25) is 0 Å². The van der Waals surface area contributed by atoms with E-state index in [-0.39, 0.29) is 4.06 Å². The summed E-state index contributed by atoms with van der Waals surface area (Å²) in [6, 6.07) is 0. The first-order valence-electron chi connectivity index (χ1n) is 5.30. The smallest absolute Gasteiger partial charge is 0.265 e. The Morgan fingerprint density at radius 3 is 1.95 bits per heavy atom. The van der Waals surface area contributed by atoms with Crippen LogP contribution >= 0.6 is 150 Å². The number of thioether (sulfide) groups is 4. The molecule has 2 aliphatic heterocycles. The summed E-state index contributed by atoms with van der Waals surface area (Å²) in [5.41, 5.74) is 0. The maximum Gasteiger partial charge on any atom is 0.289 e. The molecule has 0 unspecified atom stereocenters. The van der Waals surface area contributed by atoms with Crippen molar-refractivity contribution in [1.29, 1.82) is 0 Å². The van der Waals surface area contributed by atoms with Gasteiger partial charge in [0.05, 0.1) is 27.2 Å². The predicted octanol–water partition coefficient (Wildman–Crippen LogP) is 6.53. The van der Waals surface area contributed by atoms with E-state index in [9.17, 15) is 4.79 Å². The molecular formula is C10I2OS9. The van der Waals surface area contributed by atoms with Crippen molar-refractivity contribution in [3.8, 4) is 0 Å². The second kappa shape index (κ2) is 7.23. The lowest BCUT2D eigenvalue weighted by atomic mass is 10.9. The monoisotopic (exact) mass is 678 g/mol. The molecule has 2 aliphatic rings. The molecule has 2 aromatic heterocycles. The van der Waals surface area contributed by atoms with Crippen LogP contribution < -0.4 is 12.4 Å². The highest BCUT2D eigenvalue weighted by molar-refractivity contribution is 14.1. The Hall–Kier alpha value is 2.46. The summed E-state index contributed by atoms with van der Waals surface area (Å²) in [5.74, 6) is 0. The fourth-order valence-electron chi connectivity index (χ4n) is 1.50. The maximum atomic E-state index is 11.4. The van der Waals surface area contributed by atoms with E-state index in [1.807, 2.05) is 23.5 Å². The first-order chi connectivity index (χ1) is 10.5. The summed E-state index contributed by atoms with van der Waals surface area (Å²) < 4.78 is 11.2. The van der Waals surface area contributed by atoms with Gasteiger partial charge in [-0.2, -0.15) is 0 Å². The lowest BCUT2D eigenvalue weighted by molar-refractivity contribution is 1.56. The van der Waals surface area contributed by atoms with Crippen molar-refractivity contribution in [3.05, 3.63) is 26.9 Å². The van der Waals surface area contributed by atoms with Gasteiger partial charge in [-0.3, -0.25) is 4.79 Å². The van der Waals surface area contributed by atoms with Gasteiger partial charge in [-0.15, -0.1) is 22.7 Å². The molecule has 0 aromatic carbocycles. The average Bonchev–Trinajstić information content (AvgIpc) is 3.14. The Bertz CT molecular complexity index is 1000. The number of rotatable bonds is 0. The van der Waals surface area contributed by atoms with Crippen LogP contribution in [-0.4, -0.2) is 0 Å². The van der Waals surface area contributed by atoms with Gasteiger partial charge in [-0.05, 0) is 45.2 Å². The second-order valence-electron chi connectivity index (χ2n) is 3.67. The van der Waals surface area contributed by atoms with Crippen LogP contribution in [-0.2, 0) is 0 Å². The lowest BCUT2D eigenvalue weighted by Gasteiger charge is -1.90. The first-order valence-corrected chi connectivity index (χ1v) is 14.4. The predicted molar refractivity (Wildman–Crippen MR) is 130 cm³/mol. The molecule has 0 radical (unpaired) electrons. The molecule has 0 saturated carbocycles. The van der Waals surface area contributed by atoms with Gasteiger partial charge in [0.1, 0.15) is 7.67 Å². The molecule has 0 aliphatic carbocycles. The van der Waals surface area contributed by atoms with E-state index in [1.54, 1.807) is 46.2 Å². The van der Waals surface area contributed by atoms with Crippen LogP contribution in [0.4, 0.5) is 0 Å². The van der Waals surface area contributed by atoms with Crippen molar-refractivity contribution in [2.24, 2.45) is 0 Å². The molecule has 0 amide bonds. The molecule has 114 valence electrons. The molecule has 12 heteroatoms. The van der Waals surface area contributed by atoms with Crippen LogP contribution in [0, 0.1) is 3.82 Å². The van der Waals surface area contributed by atoms with Crippen LogP contribution in [0.1, 0.15) is 0 Å². The van der Waals surface area contributed by atoms with E-state index in [1.165, 1.54) is 45.4 Å². The maximum absolute atomic E-state index is 11.4. The van der Waals surface area contributed by atoms with Crippen molar-refractivity contribution in [2.75, 3.05) is 0 Å². The molecule has 2 aromatic rings. The Morgan fingerprint density at radius 2 is 1.36 bits per heavy atom. The molecule has 0 bridgehead atoms. The molecule has 0 atom stereocenters. The third-order valence-corrected chi connectivity index (χ3v) is 17.6. The highest BCUT2D eigenvalue weighted by Gasteiger charge is 2.24. The summed E-state index contributed by atoms with van der Waals surface area (Å²) in [6.45, 7) is 0. The third kappa shape index (κ3) is 3.49. The summed E-state index contributed by atoms with van der Waals surface area (Å²) in [6.07, 6.45) is 0. The first kappa shape index (κ1) is 17.9. The van der Waals surface area contributed by atoms with E-state index in [2.05, 4.69) is 45.2 Å². The van der Waals surface area contributed by atoms with Gasteiger partial charge in [0.25, 0.3) is 4.06 Å². The molecule has 0 fully saturated rings. The number of halogens is 2. The molecule has 4 rings (SSSR count). The van der Waals surface area contributed by atoms with Gasteiger partial charge in [-0.1, -0.05) is 81.9 Å². The van der Waals surface area contributed by atoms with Crippen molar-refractivity contribution in [1.82, 2.24) is 0 Å². The van der Waals surface area contributed by atoms with Crippen molar-refractivity contribution >= 4 is 158 Å². The minimum absolute atomic E-state index is 0.182. The molecular weight excluding hydrogens is 679 g/mol. The molecule has 22 heavy (non-hydrogen) atoms. The molecule has 1 nitrogen and oxygen atoms in total. The van der Waals surface area contributed by atoms with Gasteiger partial charge >= 0.3 is 0 Å². The Kier molecular flexibility index (Phi) is 5.87. The van der Waals surface area contributed by atoms with Crippen molar-refractivity contribution in [2.45, 2.75) is 8.42 Å². The fourth-order valence-corrected chi connectivity index (χ4v) is 15.8. The quantitative estimate of drug-likeness (QED) is 0.232. The minimum atomic E-state index is 0.182. The van der Waals surface area contributed by atoms with Gasteiger partial charge in [0, 0.05) is 0 Å². The van der Waals surface area contributed by atoms with E-state index in [4.69, 9.17) is 12.2 Å². The Balaban J connectivity index is 1.82. The molecule has 4 heterocycles. The van der Waals surface area contributed by atoms with E-state index >= 15 is 0 Å². The highest BCUT2D eigenvalue weighted by atomic mass is 127. The summed E-state index contributed by atoms with van der Waals surface area (Å²) >= 11 is 23.7. The molecule has 0 spiro atoms. The Morgan fingerprint density at radius 1 is 0.773 bits per heavy atom. The van der Waals surface area contributed by atoms with Crippen molar-refractivity contribution in [3.63, 3.8) is 0 Å². The van der Waals surface area contributed by atoms with Crippen molar-refractivity contribution < 1.29 is 0 Å². The van der Waals surface area contributed by atoms with E-state index in [0.29, 0.717) is 0 Å². The zero-order chi connectivity index (χ0) is 15.4. The summed E-state index contributed by atoms with van der Waals surface area (Å²) in [4.78, 5) is 11.4. The topological polar surface area (TPSA) is 17.1 Å². The van der Waals surface area contributed by atoms with Gasteiger partial charge in [0.2, 0.25) is 0 Å². The standard InChI is InChI=1S/C10I2OS9/c11-2-3(12)17-7(16-2)6-15-1(4(14)18-6)5-19-8-9(20-5)22-10(13)21-8. The van der Waals surface area contributed by atoms with E-state index < -0.39 is 0 Å². The normalized spacial score (nSPS) is 17.7. The van der Waals surface area contributed by atoms with Crippen LogP contribution in [0.25, 0.3) is 8.47 Å². The van der Waals surface area contributed by atoms with Gasteiger partial charge < -0.3 is 0 Å². The fraction of sp³-hybridized carbons (Fsp3) is 0. The second-order valence-corrected chi connectivity index (χ2v) is 17.6. The third-order valence-electron chi connectivity index (χ3n) is 2.33. The molecule has 0 N–H and O–H groups in total. The molecule has 0 saturated heterocycles. The zero-order valence-electron chi connectivity index (χ0n) is 9.84. The number of hydrogen-bond acceptors (Lipinski definition) is 10. The summed E-state index contributed by atoms with van der Waals surface area (Å²) in [7, 11) is 0. The number of hydrogen-bond donors (Lipinski definition) is 0. The zero-order valence-corrected chi connectivity index (χ0v) is 21.5. The lowest BCUT2D eigenvalue weighted by Crippen LogP contribution is -1.96. The highest BCUT2D eigenvalue weighted by Crippen LogP contribution is 2.56. The van der Waals surface area contributed by atoms with Gasteiger partial charge in [-0.25, -0.2) is 0 Å². The summed E-state index contributed by atoms with van der Waals surface area (Å²) in [5, 5.41) is 0. The van der Waals surface area contributed by atoms with Crippen LogP contribution in [0.15, 0.2) is 19.0 Å². The van der Waals surface area contributed by atoms with Gasteiger partial charge in [0.15, 0.2) is 0 Å². The number of fused-ring (bicyclic) bond motifs is 1. The van der Waals surface area contributed by atoms with Crippen LogP contribution in [0.3, 0.4) is 0 Å². The van der Waals surface area contributed by atoms with E-state index in [0.717, 1.165) is 12.2 Å². The largest absolute Gasteiger partial charge is 0.289 e. The SMILES string of the molecule is O=c1sc2c(s1)SC(=c1sc(=C3SC(I)=C(I)S3)sc1=S)S2. The average molecular weight is 679 g/mol. The minimum Gasteiger partial charge on any atom is -0.265 e.